The first-order valence-corrected chi connectivity index (χ1v) is 13.7. The lowest BCUT2D eigenvalue weighted by molar-refractivity contribution is -0.122. The fourth-order valence-electron chi connectivity index (χ4n) is 4.84. The van der Waals surface area contributed by atoms with E-state index in [1.165, 1.54) is 10.0 Å². The molecule has 2 heterocycles. The van der Waals surface area contributed by atoms with Gasteiger partial charge in [0.1, 0.15) is 0 Å². The van der Waals surface area contributed by atoms with Gasteiger partial charge in [-0.25, -0.2) is 10.0 Å². The maximum atomic E-state index is 13.9. The molecule has 2 unspecified atom stereocenters. The van der Waals surface area contributed by atoms with Gasteiger partial charge in [-0.15, -0.1) is 0 Å². The van der Waals surface area contributed by atoms with E-state index in [9.17, 15) is 9.59 Å². The van der Waals surface area contributed by atoms with Crippen LogP contribution in [0.25, 0.3) is 0 Å². The molecule has 0 aliphatic carbocycles. The molecule has 10 heteroatoms. The van der Waals surface area contributed by atoms with Crippen LogP contribution in [0, 0.1) is 11.8 Å². The summed E-state index contributed by atoms with van der Waals surface area (Å²) < 4.78 is 1.78. The van der Waals surface area contributed by atoms with Crippen molar-refractivity contribution < 1.29 is 9.59 Å². The van der Waals surface area contributed by atoms with E-state index in [-0.39, 0.29) is 11.8 Å². The Morgan fingerprint density at radius 2 is 1.16 bits per heavy atom. The minimum Gasteiger partial charge on any atom is -0.272 e. The summed E-state index contributed by atoms with van der Waals surface area (Å²) in [5, 5.41) is 12.8. The number of carbonyl (C=O) groups is 2. The molecule has 3 aromatic rings. The number of carbonyl (C=O) groups excluding carboxylic acids is 2. The molecular weight excluding hydrogens is 643 g/mol. The molecule has 0 aromatic heterocycles. The van der Waals surface area contributed by atoms with E-state index in [1.807, 2.05) is 48.5 Å². The molecule has 6 nitrogen and oxygen atoms in total. The van der Waals surface area contributed by atoms with E-state index in [1.54, 1.807) is 32.0 Å². The Morgan fingerprint density at radius 3 is 1.57 bits per heavy atom. The smallest absolute Gasteiger partial charge is 0.256 e. The van der Waals surface area contributed by atoms with Gasteiger partial charge < -0.3 is 0 Å². The molecule has 0 spiro atoms. The van der Waals surface area contributed by atoms with Crippen molar-refractivity contribution in [1.82, 2.24) is 0 Å². The molecule has 37 heavy (non-hydrogen) atoms. The van der Waals surface area contributed by atoms with Crippen molar-refractivity contribution in [2.75, 3.05) is 10.0 Å². The van der Waals surface area contributed by atoms with Crippen LogP contribution in [0.3, 0.4) is 0 Å². The Bertz CT molecular complexity index is 1370. The molecule has 2 atom stereocenters. The lowest BCUT2D eigenvalue weighted by Crippen LogP contribution is -2.40. The monoisotopic (exact) mass is 660 g/mol. The quantitative estimate of drug-likeness (QED) is 0.281. The summed E-state index contributed by atoms with van der Waals surface area (Å²) in [5.74, 6) is -2.58. The molecule has 0 N–H and O–H groups in total. The lowest BCUT2D eigenvalue weighted by Gasteiger charge is -2.29. The Hall–Kier alpha value is -2.52. The highest BCUT2D eigenvalue weighted by atomic mass is 79.9. The van der Waals surface area contributed by atoms with Crippen molar-refractivity contribution in [3.63, 3.8) is 0 Å². The Balaban J connectivity index is 1.59. The predicted molar refractivity (Wildman–Crippen MR) is 156 cm³/mol. The van der Waals surface area contributed by atoms with Crippen molar-refractivity contribution in [3.8, 4) is 0 Å². The highest BCUT2D eigenvalue weighted by Gasteiger charge is 2.50. The van der Waals surface area contributed by atoms with Gasteiger partial charge in [-0.05, 0) is 80.1 Å². The van der Waals surface area contributed by atoms with E-state index in [2.05, 4.69) is 42.1 Å². The van der Waals surface area contributed by atoms with Gasteiger partial charge in [0, 0.05) is 36.3 Å². The number of anilines is 2. The topological polar surface area (TPSA) is 65.3 Å². The number of hydrogen-bond acceptors (Lipinski definition) is 4. The molecular formula is C27H20Br2Cl2N4O2. The van der Waals surface area contributed by atoms with Gasteiger partial charge in [-0.3, -0.25) is 9.59 Å². The van der Waals surface area contributed by atoms with Crippen molar-refractivity contribution in [3.05, 3.63) is 91.3 Å². The van der Waals surface area contributed by atoms with E-state index in [0.717, 1.165) is 8.95 Å². The van der Waals surface area contributed by atoms with E-state index in [0.29, 0.717) is 38.4 Å². The molecule has 2 aliphatic heterocycles. The molecule has 5 rings (SSSR count). The standard InChI is InChI=1S/C27H20Br2Cl2N4O2/c1-14-23(26(36)34(32-14)19-8-3-16(28)4-9-19)25(21-12-7-18(30)13-22(21)31)24-15(2)33-35(27(24)37)20-10-5-17(29)6-11-20/h3-13,23-25H,1-2H3. The molecule has 0 saturated heterocycles. The van der Waals surface area contributed by atoms with Crippen LogP contribution in [0.1, 0.15) is 25.3 Å². The first-order chi connectivity index (χ1) is 17.7. The SMILES string of the molecule is CC1=NN(c2ccc(Br)cc2)C(=O)C1C(c1ccc(Cl)cc1Cl)C1C(=O)N(c2ccc(Br)cc2)N=C1C. The molecule has 2 aliphatic rings. The Morgan fingerprint density at radius 1 is 0.730 bits per heavy atom. The predicted octanol–water partition coefficient (Wildman–Crippen LogP) is 7.68. The van der Waals surface area contributed by atoms with Gasteiger partial charge in [0.15, 0.2) is 0 Å². The second-order valence-corrected chi connectivity index (χ2v) is 11.6. The maximum absolute atomic E-state index is 13.9. The normalized spacial score (nSPS) is 20.4. The third-order valence-electron chi connectivity index (χ3n) is 6.55. The van der Waals surface area contributed by atoms with Gasteiger partial charge in [0.2, 0.25) is 0 Å². The summed E-state index contributed by atoms with van der Waals surface area (Å²) in [7, 11) is 0. The van der Waals surface area contributed by atoms with E-state index in [4.69, 9.17) is 23.2 Å². The third kappa shape index (κ3) is 4.88. The average Bonchev–Trinajstić information content (AvgIpc) is 3.32. The molecule has 0 fully saturated rings. The lowest BCUT2D eigenvalue weighted by atomic mass is 9.73. The number of nitrogens with zero attached hydrogens (tertiary/aromatic N) is 4. The first-order valence-electron chi connectivity index (χ1n) is 11.4. The van der Waals surface area contributed by atoms with E-state index < -0.39 is 17.8 Å². The van der Waals surface area contributed by atoms with Crippen LogP contribution in [-0.2, 0) is 9.59 Å². The molecule has 3 aromatic carbocycles. The maximum Gasteiger partial charge on any atom is 0.256 e. The largest absolute Gasteiger partial charge is 0.272 e. The third-order valence-corrected chi connectivity index (χ3v) is 8.17. The summed E-state index contributed by atoms with van der Waals surface area (Å²) >= 11 is 19.7. The zero-order chi connectivity index (χ0) is 26.4. The molecule has 2 amide bonds. The minimum atomic E-state index is -0.730. The highest BCUT2D eigenvalue weighted by molar-refractivity contribution is 9.10. The summed E-state index contributed by atoms with van der Waals surface area (Å²) in [6.45, 7) is 3.60. The van der Waals surface area contributed by atoms with Crippen LogP contribution in [0.5, 0.6) is 0 Å². The van der Waals surface area contributed by atoms with Crippen LogP contribution in [0.2, 0.25) is 10.0 Å². The number of benzene rings is 3. The summed E-state index contributed by atoms with van der Waals surface area (Å²) in [6, 6.07) is 19.8. The van der Waals surface area contributed by atoms with Crippen LogP contribution in [-0.4, -0.2) is 23.2 Å². The average molecular weight is 663 g/mol. The van der Waals surface area contributed by atoms with Crippen LogP contribution < -0.4 is 10.0 Å². The second kappa shape index (κ2) is 10.3. The number of halogens is 4. The van der Waals surface area contributed by atoms with E-state index >= 15 is 0 Å². The van der Waals surface area contributed by atoms with Gasteiger partial charge in [-0.1, -0.05) is 61.1 Å². The molecule has 188 valence electrons. The molecule has 0 radical (unpaired) electrons. The molecule has 0 saturated carbocycles. The van der Waals surface area contributed by atoms with Crippen LogP contribution in [0.4, 0.5) is 11.4 Å². The van der Waals surface area contributed by atoms with Gasteiger partial charge in [0.05, 0.1) is 23.2 Å². The van der Waals surface area contributed by atoms with Gasteiger partial charge in [-0.2, -0.15) is 10.2 Å². The van der Waals surface area contributed by atoms with Gasteiger partial charge >= 0.3 is 0 Å². The summed E-state index contributed by atoms with van der Waals surface area (Å²) in [6.07, 6.45) is 0. The van der Waals surface area contributed by atoms with Crippen LogP contribution >= 0.6 is 55.1 Å². The Labute approximate surface area is 241 Å². The van der Waals surface area contributed by atoms with Crippen molar-refractivity contribution in [2.45, 2.75) is 19.8 Å². The van der Waals surface area contributed by atoms with Crippen molar-refractivity contribution in [2.24, 2.45) is 22.0 Å². The zero-order valence-corrected chi connectivity index (χ0v) is 24.4. The highest BCUT2D eigenvalue weighted by Crippen LogP contribution is 2.45. The first kappa shape index (κ1) is 26.1. The zero-order valence-electron chi connectivity index (χ0n) is 19.7. The second-order valence-electron chi connectivity index (χ2n) is 8.88. The molecule has 0 bridgehead atoms. The number of amides is 2. The Kier molecular flexibility index (Phi) is 7.29. The fourth-order valence-corrected chi connectivity index (χ4v) is 5.91. The number of hydrogen-bond donors (Lipinski definition) is 0. The summed E-state index contributed by atoms with van der Waals surface area (Å²) in [5.41, 5.74) is 3.09. The van der Waals surface area contributed by atoms with Gasteiger partial charge in [0.25, 0.3) is 11.8 Å². The summed E-state index contributed by atoms with van der Waals surface area (Å²) in [4.78, 5) is 27.8. The van der Waals surface area contributed by atoms with Crippen molar-refractivity contribution >= 4 is 89.7 Å². The van der Waals surface area contributed by atoms with Crippen molar-refractivity contribution in [1.29, 1.82) is 0 Å². The van der Waals surface area contributed by atoms with Crippen LogP contribution in [0.15, 0.2) is 85.9 Å². The fraction of sp³-hybridized carbons (Fsp3) is 0.185. The number of rotatable bonds is 5. The minimum absolute atomic E-state index is 0.237. The number of hydrazone groups is 2.